The Labute approximate surface area is 120 Å². The predicted octanol–water partition coefficient (Wildman–Crippen LogP) is 3.21. The van der Waals surface area contributed by atoms with Crippen molar-refractivity contribution < 1.29 is 4.74 Å². The zero-order chi connectivity index (χ0) is 14.2. The highest BCUT2D eigenvalue weighted by Gasteiger charge is 2.41. The van der Waals surface area contributed by atoms with Crippen molar-refractivity contribution in [3.05, 3.63) is 34.3 Å². The second-order valence-corrected chi connectivity index (χ2v) is 6.04. The van der Waals surface area contributed by atoms with Gasteiger partial charge in [0.05, 0.1) is 18.2 Å². The first-order valence-electron chi connectivity index (χ1n) is 6.83. The summed E-state index contributed by atoms with van der Waals surface area (Å²) >= 11 is 6.22. The molecule has 5 unspecified atom stereocenters. The fourth-order valence-corrected chi connectivity index (χ4v) is 3.29. The highest BCUT2D eigenvalue weighted by Crippen LogP contribution is 2.40. The average Bonchev–Trinajstić information content (AvgIpc) is 2.61. The third-order valence-corrected chi connectivity index (χ3v) is 4.85. The molecule has 0 aliphatic carbocycles. The van der Waals surface area contributed by atoms with Crippen molar-refractivity contribution in [1.82, 2.24) is 5.43 Å². The van der Waals surface area contributed by atoms with Gasteiger partial charge in [0.2, 0.25) is 0 Å². The Hall–Kier alpha value is -0.610. The number of ether oxygens (including phenoxy) is 1. The van der Waals surface area contributed by atoms with Crippen LogP contribution in [0, 0.1) is 18.8 Å². The smallest absolute Gasteiger partial charge is 0.0601 e. The lowest BCUT2D eigenvalue weighted by Crippen LogP contribution is -2.38. The summed E-state index contributed by atoms with van der Waals surface area (Å²) in [5.74, 6) is 6.59. The Morgan fingerprint density at radius 1 is 1.26 bits per heavy atom. The third-order valence-electron chi connectivity index (χ3n) is 4.44. The quantitative estimate of drug-likeness (QED) is 0.661. The van der Waals surface area contributed by atoms with Crippen LogP contribution in [0.5, 0.6) is 0 Å². The molecule has 19 heavy (non-hydrogen) atoms. The highest BCUT2D eigenvalue weighted by atomic mass is 35.5. The van der Waals surface area contributed by atoms with Crippen molar-refractivity contribution in [2.75, 3.05) is 0 Å². The van der Waals surface area contributed by atoms with Crippen LogP contribution in [0.15, 0.2) is 18.2 Å². The molecule has 1 aliphatic rings. The lowest BCUT2D eigenvalue weighted by Gasteiger charge is -2.29. The van der Waals surface area contributed by atoms with Gasteiger partial charge in [0.1, 0.15) is 0 Å². The highest BCUT2D eigenvalue weighted by molar-refractivity contribution is 6.31. The molecule has 1 saturated heterocycles. The molecule has 2 rings (SSSR count). The van der Waals surface area contributed by atoms with Crippen LogP contribution >= 0.6 is 11.6 Å². The van der Waals surface area contributed by atoms with Crippen molar-refractivity contribution >= 4 is 11.6 Å². The Morgan fingerprint density at radius 3 is 2.42 bits per heavy atom. The number of rotatable bonds is 3. The van der Waals surface area contributed by atoms with E-state index in [1.807, 2.05) is 19.1 Å². The lowest BCUT2D eigenvalue weighted by atomic mass is 9.80. The molecule has 5 atom stereocenters. The maximum Gasteiger partial charge on any atom is 0.0601 e. The first-order chi connectivity index (χ1) is 8.95. The Morgan fingerprint density at radius 2 is 1.95 bits per heavy atom. The Bertz CT molecular complexity index is 452. The van der Waals surface area contributed by atoms with Crippen LogP contribution in [-0.2, 0) is 4.74 Å². The second-order valence-electron chi connectivity index (χ2n) is 5.64. The molecule has 1 aromatic rings. The molecule has 1 aromatic carbocycles. The van der Waals surface area contributed by atoms with Gasteiger partial charge in [-0.05, 0) is 43.9 Å². The van der Waals surface area contributed by atoms with E-state index in [4.69, 9.17) is 22.2 Å². The molecule has 1 aliphatic heterocycles. The molecule has 0 amide bonds. The van der Waals surface area contributed by atoms with E-state index in [0.717, 1.165) is 16.1 Å². The first-order valence-corrected chi connectivity index (χ1v) is 7.21. The number of halogens is 1. The number of hydrazine groups is 1. The topological polar surface area (TPSA) is 47.3 Å². The Balaban J connectivity index is 2.31. The number of nitrogens with one attached hydrogen (secondary N) is 1. The number of hydrogen-bond donors (Lipinski definition) is 2. The molecule has 0 spiro atoms. The fourth-order valence-electron chi connectivity index (χ4n) is 3.10. The average molecular weight is 283 g/mol. The summed E-state index contributed by atoms with van der Waals surface area (Å²) in [5.41, 5.74) is 5.16. The minimum absolute atomic E-state index is 0.0630. The zero-order valence-electron chi connectivity index (χ0n) is 12.0. The van der Waals surface area contributed by atoms with Gasteiger partial charge in [-0.2, -0.15) is 0 Å². The van der Waals surface area contributed by atoms with E-state index in [1.54, 1.807) is 0 Å². The monoisotopic (exact) mass is 282 g/mol. The largest absolute Gasteiger partial charge is 0.375 e. The van der Waals surface area contributed by atoms with E-state index >= 15 is 0 Å². The van der Waals surface area contributed by atoms with Crippen LogP contribution in [0.2, 0.25) is 5.02 Å². The molecule has 106 valence electrons. The molecule has 0 aromatic heterocycles. The van der Waals surface area contributed by atoms with Gasteiger partial charge in [0, 0.05) is 10.9 Å². The van der Waals surface area contributed by atoms with Crippen molar-refractivity contribution in [1.29, 1.82) is 0 Å². The van der Waals surface area contributed by atoms with E-state index in [9.17, 15) is 0 Å². The number of nitrogens with two attached hydrogens (primary N) is 1. The maximum absolute atomic E-state index is 6.22. The fraction of sp³-hybridized carbons (Fsp3) is 0.600. The Kier molecular flexibility index (Phi) is 4.51. The van der Waals surface area contributed by atoms with Crippen molar-refractivity contribution in [3.63, 3.8) is 0 Å². The lowest BCUT2D eigenvalue weighted by molar-refractivity contribution is 0.0475. The first kappa shape index (κ1) is 14.8. The number of hydrogen-bond acceptors (Lipinski definition) is 3. The normalized spacial score (nSPS) is 32.5. The van der Waals surface area contributed by atoms with Gasteiger partial charge in [0.15, 0.2) is 0 Å². The van der Waals surface area contributed by atoms with Gasteiger partial charge in [0.25, 0.3) is 0 Å². The molecule has 0 saturated carbocycles. The standard InChI is InChI=1S/C15H23ClN2O/c1-8-5-6-12(7-13(8)16)15(18-17)14-9(2)10(3)19-11(14)4/h5-7,9-11,14-15,18H,17H2,1-4H3. The van der Waals surface area contributed by atoms with E-state index in [1.165, 1.54) is 0 Å². The summed E-state index contributed by atoms with van der Waals surface area (Å²) in [7, 11) is 0. The van der Waals surface area contributed by atoms with E-state index in [-0.39, 0.29) is 18.2 Å². The number of benzene rings is 1. The summed E-state index contributed by atoms with van der Waals surface area (Å²) in [5, 5.41) is 0.782. The molecular formula is C15H23ClN2O. The molecule has 0 radical (unpaired) electrons. The maximum atomic E-state index is 6.22. The minimum Gasteiger partial charge on any atom is -0.375 e. The van der Waals surface area contributed by atoms with Gasteiger partial charge in [-0.3, -0.25) is 11.3 Å². The van der Waals surface area contributed by atoms with Gasteiger partial charge >= 0.3 is 0 Å². The summed E-state index contributed by atoms with van der Waals surface area (Å²) in [6, 6.07) is 6.20. The van der Waals surface area contributed by atoms with Gasteiger partial charge < -0.3 is 4.74 Å². The van der Waals surface area contributed by atoms with Crippen LogP contribution in [0.3, 0.4) is 0 Å². The summed E-state index contributed by atoms with van der Waals surface area (Å²) in [4.78, 5) is 0. The summed E-state index contributed by atoms with van der Waals surface area (Å²) in [6.45, 7) is 8.46. The van der Waals surface area contributed by atoms with Crippen LogP contribution in [0.1, 0.15) is 37.9 Å². The molecule has 3 nitrogen and oxygen atoms in total. The SMILES string of the molecule is Cc1ccc(C(NN)C2C(C)OC(C)C2C)cc1Cl. The van der Waals surface area contributed by atoms with Crippen LogP contribution in [-0.4, -0.2) is 12.2 Å². The molecule has 1 heterocycles. The molecular weight excluding hydrogens is 260 g/mol. The van der Waals surface area contributed by atoms with Gasteiger partial charge in [-0.1, -0.05) is 30.7 Å². The van der Waals surface area contributed by atoms with Crippen molar-refractivity contribution in [2.24, 2.45) is 17.7 Å². The zero-order valence-corrected chi connectivity index (χ0v) is 12.7. The third kappa shape index (κ3) is 2.79. The van der Waals surface area contributed by atoms with Crippen LogP contribution < -0.4 is 11.3 Å². The van der Waals surface area contributed by atoms with E-state index in [2.05, 4.69) is 32.3 Å². The van der Waals surface area contributed by atoms with Crippen molar-refractivity contribution in [3.8, 4) is 0 Å². The van der Waals surface area contributed by atoms with Crippen LogP contribution in [0.25, 0.3) is 0 Å². The van der Waals surface area contributed by atoms with Gasteiger partial charge in [-0.15, -0.1) is 0 Å². The van der Waals surface area contributed by atoms with E-state index in [0.29, 0.717) is 11.8 Å². The number of aryl methyl sites for hydroxylation is 1. The summed E-state index contributed by atoms with van der Waals surface area (Å²) in [6.07, 6.45) is 0.447. The second kappa shape index (κ2) is 5.80. The van der Waals surface area contributed by atoms with Crippen LogP contribution in [0.4, 0.5) is 0 Å². The van der Waals surface area contributed by atoms with Crippen molar-refractivity contribution in [2.45, 2.75) is 45.9 Å². The van der Waals surface area contributed by atoms with Gasteiger partial charge in [-0.25, -0.2) is 0 Å². The molecule has 3 N–H and O–H groups in total. The molecule has 1 fully saturated rings. The predicted molar refractivity (Wildman–Crippen MR) is 78.9 cm³/mol. The minimum atomic E-state index is 0.0630. The van der Waals surface area contributed by atoms with E-state index < -0.39 is 0 Å². The molecule has 4 heteroatoms. The summed E-state index contributed by atoms with van der Waals surface area (Å²) < 4.78 is 5.92. The molecule has 0 bridgehead atoms.